The summed E-state index contributed by atoms with van der Waals surface area (Å²) in [6.07, 6.45) is 3.59. The number of primary sulfonamides is 1. The first-order valence-corrected chi connectivity index (χ1v) is 10.5. The highest BCUT2D eigenvalue weighted by Crippen LogP contribution is 2.23. The van der Waals surface area contributed by atoms with E-state index in [1.54, 1.807) is 29.2 Å². The van der Waals surface area contributed by atoms with Crippen molar-refractivity contribution >= 4 is 15.9 Å². The van der Waals surface area contributed by atoms with Crippen molar-refractivity contribution in [2.75, 3.05) is 6.54 Å². The Bertz CT molecular complexity index is 927. The number of rotatable bonds is 6. The summed E-state index contributed by atoms with van der Waals surface area (Å²) in [6, 6.07) is 11.3. The van der Waals surface area contributed by atoms with E-state index in [1.807, 2.05) is 0 Å². The third kappa shape index (κ3) is 5.14. The van der Waals surface area contributed by atoms with Crippen LogP contribution in [-0.2, 0) is 34.2 Å². The predicted octanol–water partition coefficient (Wildman–Crippen LogP) is 2.77. The monoisotopic (exact) mass is 390 g/mol. The highest BCUT2D eigenvalue weighted by atomic mass is 32.2. The zero-order chi connectivity index (χ0) is 19.4. The van der Waals surface area contributed by atoms with Crippen LogP contribution >= 0.6 is 0 Å². The zero-order valence-corrected chi connectivity index (χ0v) is 15.8. The molecular formula is C20H23FN2O3S. The molecule has 5 nitrogen and oxygen atoms in total. The second-order valence-corrected chi connectivity index (χ2v) is 8.44. The Kier molecular flexibility index (Phi) is 5.92. The van der Waals surface area contributed by atoms with Crippen molar-refractivity contribution in [3.8, 4) is 0 Å². The average molecular weight is 390 g/mol. The molecule has 144 valence electrons. The summed E-state index contributed by atoms with van der Waals surface area (Å²) in [5.74, 6) is -0.175. The SMILES string of the molecule is NS(=O)(=O)c1ccc2c(c1)CN(C(=O)CCCCc1ccc(F)cc1)CC2. The van der Waals surface area contributed by atoms with Gasteiger partial charge in [-0.1, -0.05) is 18.2 Å². The molecule has 27 heavy (non-hydrogen) atoms. The van der Waals surface area contributed by atoms with E-state index < -0.39 is 10.0 Å². The third-order valence-corrected chi connectivity index (χ3v) is 5.80. The summed E-state index contributed by atoms with van der Waals surface area (Å²) in [5.41, 5.74) is 2.96. The fourth-order valence-corrected chi connectivity index (χ4v) is 3.90. The molecule has 0 radical (unpaired) electrons. The molecule has 0 aliphatic carbocycles. The maximum absolute atomic E-state index is 12.9. The largest absolute Gasteiger partial charge is 0.338 e. The topological polar surface area (TPSA) is 80.5 Å². The van der Waals surface area contributed by atoms with E-state index in [1.165, 1.54) is 18.2 Å². The molecule has 0 aromatic heterocycles. The van der Waals surface area contributed by atoms with Crippen molar-refractivity contribution in [1.82, 2.24) is 4.90 Å². The molecule has 0 saturated heterocycles. The fourth-order valence-electron chi connectivity index (χ4n) is 3.34. The first kappa shape index (κ1) is 19.5. The molecule has 2 aromatic rings. The van der Waals surface area contributed by atoms with Gasteiger partial charge in [-0.3, -0.25) is 4.79 Å². The van der Waals surface area contributed by atoms with Crippen LogP contribution in [0.3, 0.4) is 0 Å². The second-order valence-electron chi connectivity index (χ2n) is 6.87. The number of nitrogens with two attached hydrogens (primary N) is 1. The molecule has 0 unspecified atom stereocenters. The van der Waals surface area contributed by atoms with Gasteiger partial charge in [0.05, 0.1) is 4.90 Å². The van der Waals surface area contributed by atoms with E-state index in [4.69, 9.17) is 5.14 Å². The average Bonchev–Trinajstić information content (AvgIpc) is 2.65. The van der Waals surface area contributed by atoms with Gasteiger partial charge in [-0.15, -0.1) is 0 Å². The minimum atomic E-state index is -3.75. The lowest BCUT2D eigenvalue weighted by Crippen LogP contribution is -2.36. The molecule has 0 atom stereocenters. The molecule has 7 heteroatoms. The van der Waals surface area contributed by atoms with E-state index >= 15 is 0 Å². The molecule has 0 spiro atoms. The van der Waals surface area contributed by atoms with Gasteiger partial charge in [0.15, 0.2) is 0 Å². The number of amides is 1. The fraction of sp³-hybridized carbons (Fsp3) is 0.350. The van der Waals surface area contributed by atoms with Crippen LogP contribution in [0.25, 0.3) is 0 Å². The van der Waals surface area contributed by atoms with Gasteiger partial charge in [0, 0.05) is 19.5 Å². The Hall–Kier alpha value is -2.25. The van der Waals surface area contributed by atoms with Crippen LogP contribution in [0.15, 0.2) is 47.4 Å². The first-order valence-electron chi connectivity index (χ1n) is 9.00. The number of sulfonamides is 1. The Labute approximate surface area is 159 Å². The van der Waals surface area contributed by atoms with Gasteiger partial charge in [0.25, 0.3) is 0 Å². The van der Waals surface area contributed by atoms with Gasteiger partial charge >= 0.3 is 0 Å². The summed E-state index contributed by atoms with van der Waals surface area (Å²) in [6.45, 7) is 1.05. The van der Waals surface area contributed by atoms with Crippen LogP contribution in [-0.4, -0.2) is 25.8 Å². The van der Waals surface area contributed by atoms with Crippen LogP contribution in [0, 0.1) is 5.82 Å². The number of fused-ring (bicyclic) bond motifs is 1. The van der Waals surface area contributed by atoms with Gasteiger partial charge in [0.1, 0.15) is 5.82 Å². The zero-order valence-electron chi connectivity index (χ0n) is 15.0. The second kappa shape index (κ2) is 8.19. The first-order chi connectivity index (χ1) is 12.8. The van der Waals surface area contributed by atoms with Crippen LogP contribution < -0.4 is 5.14 Å². The van der Waals surface area contributed by atoms with E-state index in [0.717, 1.165) is 36.0 Å². The summed E-state index contributed by atoms with van der Waals surface area (Å²) >= 11 is 0. The van der Waals surface area contributed by atoms with Crippen molar-refractivity contribution in [2.24, 2.45) is 5.14 Å². The number of aryl methyl sites for hydroxylation is 1. The summed E-state index contributed by atoms with van der Waals surface area (Å²) in [7, 11) is -3.75. The molecule has 2 aromatic carbocycles. The highest BCUT2D eigenvalue weighted by molar-refractivity contribution is 7.89. The molecule has 3 rings (SSSR count). The number of carbonyl (C=O) groups is 1. The van der Waals surface area contributed by atoms with E-state index in [0.29, 0.717) is 25.9 Å². The highest BCUT2D eigenvalue weighted by Gasteiger charge is 2.22. The molecule has 0 fully saturated rings. The molecular weight excluding hydrogens is 367 g/mol. The van der Waals surface area contributed by atoms with E-state index in [9.17, 15) is 17.6 Å². The van der Waals surface area contributed by atoms with Gasteiger partial charge in [-0.2, -0.15) is 0 Å². The van der Waals surface area contributed by atoms with Crippen LogP contribution in [0.5, 0.6) is 0 Å². The molecule has 1 aliphatic heterocycles. The number of unbranched alkanes of at least 4 members (excludes halogenated alkanes) is 1. The van der Waals surface area contributed by atoms with Gasteiger partial charge in [0.2, 0.25) is 15.9 Å². The van der Waals surface area contributed by atoms with Crippen LogP contribution in [0.4, 0.5) is 4.39 Å². The number of carbonyl (C=O) groups excluding carboxylic acids is 1. The number of nitrogens with zero attached hydrogens (tertiary/aromatic N) is 1. The quantitative estimate of drug-likeness (QED) is 0.770. The normalized spacial score (nSPS) is 14.1. The summed E-state index contributed by atoms with van der Waals surface area (Å²) in [5, 5.41) is 5.19. The Morgan fingerprint density at radius 2 is 1.81 bits per heavy atom. The minimum absolute atomic E-state index is 0.0702. The number of hydrogen-bond donors (Lipinski definition) is 1. The van der Waals surface area contributed by atoms with Gasteiger partial charge < -0.3 is 4.90 Å². The molecule has 1 heterocycles. The van der Waals surface area contributed by atoms with Crippen molar-refractivity contribution in [3.63, 3.8) is 0 Å². The van der Waals surface area contributed by atoms with Crippen molar-refractivity contribution < 1.29 is 17.6 Å². The smallest absolute Gasteiger partial charge is 0.238 e. The number of halogens is 1. The van der Waals surface area contributed by atoms with Crippen LogP contribution in [0.1, 0.15) is 36.0 Å². The lowest BCUT2D eigenvalue weighted by Gasteiger charge is -2.29. The number of benzene rings is 2. The minimum Gasteiger partial charge on any atom is -0.338 e. The summed E-state index contributed by atoms with van der Waals surface area (Å²) in [4.78, 5) is 14.3. The number of hydrogen-bond acceptors (Lipinski definition) is 3. The standard InChI is InChI=1S/C20H23FN2O3S/c21-18-8-5-15(6-9-18)3-1-2-4-20(24)23-12-11-16-7-10-19(27(22,25)26)13-17(16)14-23/h5-10,13H,1-4,11-12,14H2,(H2,22,25,26). The molecule has 0 bridgehead atoms. The van der Waals surface area contributed by atoms with Gasteiger partial charge in [-0.05, 0) is 66.6 Å². The maximum Gasteiger partial charge on any atom is 0.238 e. The van der Waals surface area contributed by atoms with Crippen molar-refractivity contribution in [1.29, 1.82) is 0 Å². The van der Waals surface area contributed by atoms with Crippen molar-refractivity contribution in [3.05, 3.63) is 65.0 Å². The molecule has 1 aliphatic rings. The molecule has 2 N–H and O–H groups in total. The lowest BCUT2D eigenvalue weighted by molar-refractivity contribution is -0.132. The van der Waals surface area contributed by atoms with E-state index in [-0.39, 0.29) is 16.6 Å². The Balaban J connectivity index is 1.52. The van der Waals surface area contributed by atoms with E-state index in [2.05, 4.69) is 0 Å². The van der Waals surface area contributed by atoms with Crippen LogP contribution in [0.2, 0.25) is 0 Å². The maximum atomic E-state index is 12.9. The van der Waals surface area contributed by atoms with Crippen molar-refractivity contribution in [2.45, 2.75) is 43.5 Å². The molecule has 1 amide bonds. The predicted molar refractivity (Wildman–Crippen MR) is 101 cm³/mol. The third-order valence-electron chi connectivity index (χ3n) is 4.89. The summed E-state index contributed by atoms with van der Waals surface area (Å²) < 4.78 is 35.9. The lowest BCUT2D eigenvalue weighted by atomic mass is 9.99. The molecule has 0 saturated carbocycles. The Morgan fingerprint density at radius 3 is 2.52 bits per heavy atom. The van der Waals surface area contributed by atoms with Gasteiger partial charge in [-0.25, -0.2) is 17.9 Å². The Morgan fingerprint density at radius 1 is 1.07 bits per heavy atom.